The third kappa shape index (κ3) is 4.88. The molecule has 2 aliphatic rings. The summed E-state index contributed by atoms with van der Waals surface area (Å²) < 4.78 is 23.0. The molecular weight excluding hydrogens is 312 g/mol. The van der Waals surface area contributed by atoms with Gasteiger partial charge in [0.2, 0.25) is 0 Å². The molecule has 2 aliphatic heterocycles. The number of anilines is 1. The van der Waals surface area contributed by atoms with Crippen LogP contribution in [0.2, 0.25) is 0 Å². The third-order valence-electron chi connectivity index (χ3n) is 4.93. The van der Waals surface area contributed by atoms with Crippen molar-refractivity contribution in [3.8, 4) is 0 Å². The first-order valence-electron chi connectivity index (χ1n) is 8.48. The van der Waals surface area contributed by atoms with E-state index < -0.39 is 9.84 Å². The smallest absolute Gasteiger partial charge is 0.150 e. The Labute approximate surface area is 138 Å². The molecule has 0 spiro atoms. The maximum atomic E-state index is 11.5. The Kier molecular flexibility index (Phi) is 5.16. The number of nitrogens with zero attached hydrogens (tertiary/aromatic N) is 3. The van der Waals surface area contributed by atoms with Gasteiger partial charge in [-0.15, -0.1) is 0 Å². The summed E-state index contributed by atoms with van der Waals surface area (Å²) in [5, 5.41) is 3.50. The second kappa shape index (κ2) is 7.13. The number of hydrogen-bond acceptors (Lipinski definition) is 6. The molecule has 1 aromatic heterocycles. The summed E-state index contributed by atoms with van der Waals surface area (Å²) in [6, 6.07) is 2.45. The first-order valence-corrected chi connectivity index (χ1v) is 10.3. The average Bonchev–Trinajstić information content (AvgIpc) is 2.51. The maximum Gasteiger partial charge on any atom is 0.150 e. The van der Waals surface area contributed by atoms with Crippen LogP contribution in [-0.2, 0) is 9.84 Å². The van der Waals surface area contributed by atoms with Gasteiger partial charge in [-0.05, 0) is 38.5 Å². The molecule has 7 heteroatoms. The molecule has 1 aromatic rings. The summed E-state index contributed by atoms with van der Waals surface area (Å²) in [5.74, 6) is 2.21. The number of aryl methyl sites for hydroxylation is 1. The first kappa shape index (κ1) is 16.6. The van der Waals surface area contributed by atoms with Crippen molar-refractivity contribution >= 4 is 15.7 Å². The Morgan fingerprint density at radius 3 is 2.52 bits per heavy atom. The Morgan fingerprint density at radius 1 is 1.17 bits per heavy atom. The standard InChI is InChI=1S/C16H26N4O2S/c1-13-10-16(18-12-17-13)19-15-2-6-20(7-3-15)11-14-4-8-23(21,22)9-5-14/h10,12,14-15H,2-9,11H2,1H3,(H,17,18,19). The average molecular weight is 338 g/mol. The van der Waals surface area contributed by atoms with Crippen molar-refractivity contribution in [1.82, 2.24) is 14.9 Å². The Bertz CT molecular complexity index is 613. The van der Waals surface area contributed by atoms with Gasteiger partial charge in [0.05, 0.1) is 11.5 Å². The van der Waals surface area contributed by atoms with E-state index in [0.29, 0.717) is 23.5 Å². The predicted octanol–water partition coefficient (Wildman–Crippen LogP) is 1.49. The number of likely N-dealkylation sites (tertiary alicyclic amines) is 1. The maximum absolute atomic E-state index is 11.5. The molecule has 2 fully saturated rings. The normalized spacial score (nSPS) is 23.7. The first-order chi connectivity index (χ1) is 11.0. The van der Waals surface area contributed by atoms with Gasteiger partial charge in [-0.1, -0.05) is 0 Å². The SMILES string of the molecule is Cc1cc(NC2CCN(CC3CCS(=O)(=O)CC3)CC2)ncn1. The van der Waals surface area contributed by atoms with Crippen LogP contribution in [0.3, 0.4) is 0 Å². The van der Waals surface area contributed by atoms with E-state index in [1.807, 2.05) is 13.0 Å². The zero-order valence-electron chi connectivity index (χ0n) is 13.7. The zero-order chi connectivity index (χ0) is 16.3. The highest BCUT2D eigenvalue weighted by atomic mass is 32.2. The second-order valence-electron chi connectivity index (χ2n) is 6.86. The van der Waals surface area contributed by atoms with Crippen LogP contribution in [0.1, 0.15) is 31.4 Å². The molecule has 6 nitrogen and oxygen atoms in total. The Balaban J connectivity index is 1.42. The Hall–Kier alpha value is -1.21. The van der Waals surface area contributed by atoms with Crippen molar-refractivity contribution in [1.29, 1.82) is 0 Å². The molecule has 3 heterocycles. The lowest BCUT2D eigenvalue weighted by Crippen LogP contribution is -2.42. The van der Waals surface area contributed by atoms with Crippen molar-refractivity contribution in [2.75, 3.05) is 36.5 Å². The third-order valence-corrected chi connectivity index (χ3v) is 6.65. The van der Waals surface area contributed by atoms with Crippen molar-refractivity contribution in [2.45, 2.75) is 38.6 Å². The van der Waals surface area contributed by atoms with Gasteiger partial charge < -0.3 is 10.2 Å². The lowest BCUT2D eigenvalue weighted by molar-refractivity contribution is 0.182. The van der Waals surface area contributed by atoms with Gasteiger partial charge >= 0.3 is 0 Å². The molecule has 0 aliphatic carbocycles. The van der Waals surface area contributed by atoms with E-state index >= 15 is 0 Å². The molecule has 23 heavy (non-hydrogen) atoms. The molecule has 0 atom stereocenters. The highest BCUT2D eigenvalue weighted by Gasteiger charge is 2.27. The van der Waals surface area contributed by atoms with Crippen molar-refractivity contribution < 1.29 is 8.42 Å². The van der Waals surface area contributed by atoms with Gasteiger partial charge in [-0.25, -0.2) is 18.4 Å². The minimum atomic E-state index is -2.74. The topological polar surface area (TPSA) is 75.2 Å². The summed E-state index contributed by atoms with van der Waals surface area (Å²) in [6.45, 7) is 5.17. The number of rotatable bonds is 4. The van der Waals surface area contributed by atoms with Crippen molar-refractivity contribution in [2.24, 2.45) is 5.92 Å². The van der Waals surface area contributed by atoms with Crippen LogP contribution >= 0.6 is 0 Å². The van der Waals surface area contributed by atoms with Gasteiger partial charge in [0, 0.05) is 37.4 Å². The van der Waals surface area contributed by atoms with Crippen LogP contribution in [0.15, 0.2) is 12.4 Å². The van der Waals surface area contributed by atoms with Crippen LogP contribution in [-0.4, -0.2) is 60.5 Å². The fraction of sp³-hybridized carbons (Fsp3) is 0.750. The summed E-state index contributed by atoms with van der Waals surface area (Å²) in [6.07, 6.45) is 5.48. The lowest BCUT2D eigenvalue weighted by atomic mass is 9.99. The molecular formula is C16H26N4O2S. The van der Waals surface area contributed by atoms with E-state index in [4.69, 9.17) is 0 Å². The van der Waals surface area contributed by atoms with Gasteiger partial charge in [0.1, 0.15) is 22.0 Å². The molecule has 0 amide bonds. The van der Waals surface area contributed by atoms with Gasteiger partial charge in [0.25, 0.3) is 0 Å². The molecule has 2 saturated heterocycles. The second-order valence-corrected chi connectivity index (χ2v) is 9.16. The molecule has 0 radical (unpaired) electrons. The summed E-state index contributed by atoms with van der Waals surface area (Å²) >= 11 is 0. The van der Waals surface area contributed by atoms with Gasteiger partial charge in [0.15, 0.2) is 0 Å². The number of aromatic nitrogens is 2. The van der Waals surface area contributed by atoms with E-state index in [-0.39, 0.29) is 0 Å². The molecule has 3 rings (SSSR count). The summed E-state index contributed by atoms with van der Waals surface area (Å²) in [4.78, 5) is 10.9. The summed E-state index contributed by atoms with van der Waals surface area (Å²) in [7, 11) is -2.74. The van der Waals surface area contributed by atoms with E-state index in [0.717, 1.165) is 56.8 Å². The molecule has 128 valence electrons. The fourth-order valence-electron chi connectivity index (χ4n) is 3.49. The Morgan fingerprint density at radius 2 is 1.87 bits per heavy atom. The number of sulfone groups is 1. The van der Waals surface area contributed by atoms with Crippen LogP contribution in [0.4, 0.5) is 5.82 Å². The van der Waals surface area contributed by atoms with Crippen LogP contribution < -0.4 is 5.32 Å². The highest BCUT2D eigenvalue weighted by molar-refractivity contribution is 7.91. The van der Waals surface area contributed by atoms with E-state index in [9.17, 15) is 8.42 Å². The predicted molar refractivity (Wildman–Crippen MR) is 91.2 cm³/mol. The largest absolute Gasteiger partial charge is 0.367 e. The highest BCUT2D eigenvalue weighted by Crippen LogP contribution is 2.22. The minimum absolute atomic E-state index is 0.378. The molecule has 0 aromatic carbocycles. The molecule has 0 saturated carbocycles. The zero-order valence-corrected chi connectivity index (χ0v) is 14.6. The molecule has 0 unspecified atom stereocenters. The number of nitrogens with one attached hydrogen (secondary N) is 1. The lowest BCUT2D eigenvalue weighted by Gasteiger charge is -2.35. The van der Waals surface area contributed by atoms with Crippen LogP contribution in [0, 0.1) is 12.8 Å². The van der Waals surface area contributed by atoms with Gasteiger partial charge in [-0.2, -0.15) is 0 Å². The van der Waals surface area contributed by atoms with Gasteiger partial charge in [-0.3, -0.25) is 0 Å². The van der Waals surface area contributed by atoms with Crippen LogP contribution in [0.5, 0.6) is 0 Å². The number of piperidine rings is 1. The van der Waals surface area contributed by atoms with E-state index in [1.54, 1.807) is 6.33 Å². The monoisotopic (exact) mass is 338 g/mol. The van der Waals surface area contributed by atoms with Crippen molar-refractivity contribution in [3.05, 3.63) is 18.1 Å². The molecule has 0 bridgehead atoms. The van der Waals surface area contributed by atoms with Crippen LogP contribution in [0.25, 0.3) is 0 Å². The van der Waals surface area contributed by atoms with Crippen molar-refractivity contribution in [3.63, 3.8) is 0 Å². The number of hydrogen-bond donors (Lipinski definition) is 1. The quantitative estimate of drug-likeness (QED) is 0.896. The molecule has 1 N–H and O–H groups in total. The minimum Gasteiger partial charge on any atom is -0.367 e. The summed E-state index contributed by atoms with van der Waals surface area (Å²) in [5.41, 5.74) is 0.979. The van der Waals surface area contributed by atoms with E-state index in [2.05, 4.69) is 20.2 Å². The van der Waals surface area contributed by atoms with E-state index in [1.165, 1.54) is 0 Å². The fourth-order valence-corrected chi connectivity index (χ4v) is 5.08.